The molecule has 1 N–H and O–H groups in total. The highest BCUT2D eigenvalue weighted by molar-refractivity contribution is 5.93. The number of nitrogens with zero attached hydrogens (tertiary/aromatic N) is 5. The Labute approximate surface area is 148 Å². The zero-order valence-electron chi connectivity index (χ0n) is 15.2. The number of rotatable bonds is 5. The lowest BCUT2D eigenvalue weighted by molar-refractivity contribution is -0.117. The molecule has 0 bridgehead atoms. The zero-order valence-corrected chi connectivity index (χ0v) is 15.2. The molecule has 1 aliphatic heterocycles. The molecule has 7 heteroatoms. The number of carbonyl (C=O) groups is 1. The summed E-state index contributed by atoms with van der Waals surface area (Å²) in [5, 5.41) is 7.35. The summed E-state index contributed by atoms with van der Waals surface area (Å²) in [4.78, 5) is 21.3. The molecule has 25 heavy (non-hydrogen) atoms. The fourth-order valence-corrected chi connectivity index (χ4v) is 3.16. The van der Waals surface area contributed by atoms with E-state index in [0.717, 1.165) is 55.5 Å². The Morgan fingerprint density at radius 2 is 1.88 bits per heavy atom. The molecule has 134 valence electrons. The van der Waals surface area contributed by atoms with Gasteiger partial charge in [-0.2, -0.15) is 5.10 Å². The smallest absolute Gasteiger partial charge is 0.238 e. The van der Waals surface area contributed by atoms with Crippen LogP contribution in [-0.2, 0) is 18.4 Å². The van der Waals surface area contributed by atoms with Gasteiger partial charge in [-0.05, 0) is 26.0 Å². The van der Waals surface area contributed by atoms with Gasteiger partial charge in [-0.3, -0.25) is 24.3 Å². The number of piperazine rings is 1. The molecule has 3 rings (SSSR count). The molecular weight excluding hydrogens is 316 g/mol. The summed E-state index contributed by atoms with van der Waals surface area (Å²) >= 11 is 0. The highest BCUT2D eigenvalue weighted by Crippen LogP contribution is 2.18. The molecule has 0 atom stereocenters. The number of aromatic nitrogens is 3. The first-order chi connectivity index (χ1) is 12.0. The molecule has 7 nitrogen and oxygen atoms in total. The van der Waals surface area contributed by atoms with Gasteiger partial charge in [-0.25, -0.2) is 0 Å². The van der Waals surface area contributed by atoms with Crippen LogP contribution in [0.2, 0.25) is 0 Å². The van der Waals surface area contributed by atoms with Crippen molar-refractivity contribution in [2.45, 2.75) is 20.4 Å². The van der Waals surface area contributed by atoms with Crippen molar-refractivity contribution in [3.63, 3.8) is 0 Å². The molecule has 0 aliphatic carbocycles. The van der Waals surface area contributed by atoms with Gasteiger partial charge in [0, 0.05) is 46.0 Å². The second-order valence-corrected chi connectivity index (χ2v) is 6.59. The summed E-state index contributed by atoms with van der Waals surface area (Å²) in [6, 6.07) is 6.01. The van der Waals surface area contributed by atoms with Crippen LogP contribution in [0.15, 0.2) is 24.4 Å². The van der Waals surface area contributed by atoms with Crippen LogP contribution in [0.1, 0.15) is 17.1 Å². The molecule has 0 spiro atoms. The Bertz CT molecular complexity index is 719. The van der Waals surface area contributed by atoms with Gasteiger partial charge >= 0.3 is 0 Å². The quantitative estimate of drug-likeness (QED) is 0.884. The number of nitrogens with one attached hydrogen (secondary N) is 1. The minimum atomic E-state index is 0.0253. The van der Waals surface area contributed by atoms with Crippen LogP contribution < -0.4 is 5.32 Å². The standard InChI is InChI=1S/C18H26N6O/c1-14-18(15(2)22(3)21-14)20-17(25)13-24-10-8-23(9-11-24)12-16-6-4-5-7-19-16/h4-7H,8-13H2,1-3H3,(H,20,25). The summed E-state index contributed by atoms with van der Waals surface area (Å²) in [6.45, 7) is 8.87. The Morgan fingerprint density at radius 3 is 2.48 bits per heavy atom. The first-order valence-electron chi connectivity index (χ1n) is 8.67. The highest BCUT2D eigenvalue weighted by Gasteiger charge is 2.20. The number of pyridine rings is 1. The Hall–Kier alpha value is -2.25. The summed E-state index contributed by atoms with van der Waals surface area (Å²) in [7, 11) is 1.89. The van der Waals surface area contributed by atoms with E-state index >= 15 is 0 Å². The van der Waals surface area contributed by atoms with Crippen molar-refractivity contribution < 1.29 is 4.79 Å². The van der Waals surface area contributed by atoms with Crippen LogP contribution in [0.5, 0.6) is 0 Å². The van der Waals surface area contributed by atoms with E-state index in [1.165, 1.54) is 0 Å². The Morgan fingerprint density at radius 1 is 1.16 bits per heavy atom. The number of hydrogen-bond donors (Lipinski definition) is 1. The van der Waals surface area contributed by atoms with Crippen molar-refractivity contribution in [1.82, 2.24) is 24.6 Å². The first-order valence-corrected chi connectivity index (χ1v) is 8.67. The van der Waals surface area contributed by atoms with E-state index in [0.29, 0.717) is 6.54 Å². The van der Waals surface area contributed by atoms with Crippen molar-refractivity contribution in [3.8, 4) is 0 Å². The van der Waals surface area contributed by atoms with E-state index in [4.69, 9.17) is 0 Å². The van der Waals surface area contributed by atoms with Gasteiger partial charge in [0.1, 0.15) is 0 Å². The van der Waals surface area contributed by atoms with Crippen LogP contribution in [0.3, 0.4) is 0 Å². The van der Waals surface area contributed by atoms with Crippen LogP contribution in [0.4, 0.5) is 5.69 Å². The van der Waals surface area contributed by atoms with Crippen LogP contribution in [-0.4, -0.2) is 63.2 Å². The van der Waals surface area contributed by atoms with E-state index in [1.54, 1.807) is 4.68 Å². The maximum atomic E-state index is 12.4. The normalized spacial score (nSPS) is 16.1. The third-order valence-electron chi connectivity index (χ3n) is 4.72. The second kappa shape index (κ2) is 7.76. The minimum Gasteiger partial charge on any atom is -0.322 e. The van der Waals surface area contributed by atoms with Crippen LogP contribution in [0.25, 0.3) is 0 Å². The minimum absolute atomic E-state index is 0.0253. The molecule has 1 saturated heterocycles. The topological polar surface area (TPSA) is 66.3 Å². The van der Waals surface area contributed by atoms with E-state index in [1.807, 2.05) is 39.2 Å². The van der Waals surface area contributed by atoms with Gasteiger partial charge in [-0.1, -0.05) is 6.07 Å². The molecule has 1 amide bonds. The monoisotopic (exact) mass is 342 g/mol. The third kappa shape index (κ3) is 4.43. The molecule has 2 aromatic heterocycles. The van der Waals surface area contributed by atoms with Crippen molar-refractivity contribution in [2.24, 2.45) is 7.05 Å². The lowest BCUT2D eigenvalue weighted by atomic mass is 10.2. The number of aryl methyl sites for hydroxylation is 2. The van der Waals surface area contributed by atoms with Gasteiger partial charge in [0.25, 0.3) is 0 Å². The van der Waals surface area contributed by atoms with Gasteiger partial charge in [0.2, 0.25) is 5.91 Å². The largest absolute Gasteiger partial charge is 0.322 e. The average Bonchev–Trinajstić information content (AvgIpc) is 2.84. The molecule has 0 unspecified atom stereocenters. The van der Waals surface area contributed by atoms with Crippen LogP contribution >= 0.6 is 0 Å². The van der Waals surface area contributed by atoms with Gasteiger partial charge < -0.3 is 5.32 Å². The molecule has 2 aromatic rings. The highest BCUT2D eigenvalue weighted by atomic mass is 16.2. The predicted octanol–water partition coefficient (Wildman–Crippen LogP) is 1.19. The fraction of sp³-hybridized carbons (Fsp3) is 0.500. The first kappa shape index (κ1) is 17.6. The SMILES string of the molecule is Cc1nn(C)c(C)c1NC(=O)CN1CCN(Cc2ccccn2)CC1. The lowest BCUT2D eigenvalue weighted by Crippen LogP contribution is -2.48. The third-order valence-corrected chi connectivity index (χ3v) is 4.72. The van der Waals surface area contributed by atoms with Crippen molar-refractivity contribution in [1.29, 1.82) is 0 Å². The molecule has 1 aliphatic rings. The summed E-state index contributed by atoms with van der Waals surface area (Å²) < 4.78 is 1.79. The molecule has 0 aromatic carbocycles. The summed E-state index contributed by atoms with van der Waals surface area (Å²) in [5.74, 6) is 0.0253. The van der Waals surface area contributed by atoms with E-state index in [2.05, 4.69) is 31.3 Å². The lowest BCUT2D eigenvalue weighted by Gasteiger charge is -2.34. The molecule has 1 fully saturated rings. The fourth-order valence-electron chi connectivity index (χ4n) is 3.16. The van der Waals surface area contributed by atoms with Crippen LogP contribution in [0, 0.1) is 13.8 Å². The maximum Gasteiger partial charge on any atom is 0.238 e. The van der Waals surface area contributed by atoms with Crippen molar-refractivity contribution >= 4 is 11.6 Å². The molecule has 0 saturated carbocycles. The number of carbonyl (C=O) groups excluding carboxylic acids is 1. The predicted molar refractivity (Wildman–Crippen MR) is 97.3 cm³/mol. The Balaban J connectivity index is 1.46. The molecular formula is C18H26N6O. The van der Waals surface area contributed by atoms with E-state index in [9.17, 15) is 4.79 Å². The van der Waals surface area contributed by atoms with Gasteiger partial charge in [0.15, 0.2) is 0 Å². The number of amides is 1. The second-order valence-electron chi connectivity index (χ2n) is 6.59. The summed E-state index contributed by atoms with van der Waals surface area (Å²) in [6.07, 6.45) is 1.83. The average molecular weight is 342 g/mol. The van der Waals surface area contributed by atoms with Gasteiger partial charge in [0.05, 0.1) is 29.3 Å². The zero-order chi connectivity index (χ0) is 17.8. The summed E-state index contributed by atoms with van der Waals surface area (Å²) in [5.41, 5.74) is 3.76. The van der Waals surface area contributed by atoms with E-state index < -0.39 is 0 Å². The number of anilines is 1. The van der Waals surface area contributed by atoms with Crippen molar-refractivity contribution in [2.75, 3.05) is 38.0 Å². The maximum absolute atomic E-state index is 12.4. The van der Waals surface area contributed by atoms with Crippen molar-refractivity contribution in [3.05, 3.63) is 41.5 Å². The van der Waals surface area contributed by atoms with E-state index in [-0.39, 0.29) is 5.91 Å². The Kier molecular flexibility index (Phi) is 5.45. The molecule has 0 radical (unpaired) electrons. The number of hydrogen-bond acceptors (Lipinski definition) is 5. The molecule has 3 heterocycles. The van der Waals surface area contributed by atoms with Gasteiger partial charge in [-0.15, -0.1) is 0 Å².